The second-order valence-electron chi connectivity index (χ2n) is 5.73. The Morgan fingerprint density at radius 2 is 1.63 bits per heavy atom. The van der Waals surface area contributed by atoms with E-state index in [1.807, 2.05) is 0 Å². The van der Waals surface area contributed by atoms with Crippen LogP contribution in [0.25, 0.3) is 0 Å². The van der Waals surface area contributed by atoms with Crippen LogP contribution in [0, 0.1) is 17.8 Å². The van der Waals surface area contributed by atoms with Gasteiger partial charge in [-0.25, -0.2) is 4.79 Å². The second kappa shape index (κ2) is 4.92. The highest BCUT2D eigenvalue weighted by Gasteiger charge is 2.50. The number of nitrogens with zero attached hydrogens (tertiary/aromatic N) is 2. The summed E-state index contributed by atoms with van der Waals surface area (Å²) in [5, 5.41) is 3.36. The maximum Gasteiger partial charge on any atom is 0.332 e. The van der Waals surface area contributed by atoms with Crippen molar-refractivity contribution in [3.63, 3.8) is 0 Å². The molecule has 0 aliphatic carbocycles. The average molecular weight is 267 g/mol. The Hall–Kier alpha value is -1.43. The number of carbonyl (C=O) groups is 3. The minimum atomic E-state index is -0.727. The number of urea groups is 1. The maximum atomic E-state index is 12.3. The Balaban J connectivity index is 2.29. The summed E-state index contributed by atoms with van der Waals surface area (Å²) in [4.78, 5) is 38.4. The van der Waals surface area contributed by atoms with Crippen LogP contribution in [0.2, 0.25) is 0 Å². The number of rotatable bonds is 2. The molecule has 1 N–H and O–H groups in total. The minimum Gasteiger partial charge on any atom is -0.313 e. The maximum absolute atomic E-state index is 12.3. The van der Waals surface area contributed by atoms with Crippen molar-refractivity contribution in [1.82, 2.24) is 15.1 Å². The van der Waals surface area contributed by atoms with Gasteiger partial charge in [-0.1, -0.05) is 13.8 Å². The molecule has 0 radical (unpaired) electrons. The molecule has 0 bridgehead atoms. The summed E-state index contributed by atoms with van der Waals surface area (Å²) in [6.45, 7) is 4.96. The molecule has 0 saturated carbocycles. The number of barbiturate groups is 1. The molecule has 2 aliphatic heterocycles. The highest BCUT2D eigenvalue weighted by molar-refractivity contribution is 6.15. The number of amides is 4. The quantitative estimate of drug-likeness (QED) is 0.730. The lowest BCUT2D eigenvalue weighted by Gasteiger charge is -2.37. The lowest BCUT2D eigenvalue weighted by molar-refractivity contribution is -0.150. The van der Waals surface area contributed by atoms with Crippen LogP contribution in [-0.4, -0.2) is 54.3 Å². The van der Waals surface area contributed by atoms with Crippen LogP contribution in [0.15, 0.2) is 0 Å². The zero-order valence-electron chi connectivity index (χ0n) is 11.8. The fraction of sp³-hybridized carbons (Fsp3) is 0.769. The van der Waals surface area contributed by atoms with Crippen molar-refractivity contribution in [3.05, 3.63) is 0 Å². The topological polar surface area (TPSA) is 69.7 Å². The van der Waals surface area contributed by atoms with Crippen LogP contribution < -0.4 is 5.32 Å². The molecule has 2 rings (SSSR count). The molecule has 4 amide bonds. The zero-order valence-corrected chi connectivity index (χ0v) is 11.8. The molecule has 2 atom stereocenters. The van der Waals surface area contributed by atoms with Gasteiger partial charge in [0.2, 0.25) is 11.8 Å². The largest absolute Gasteiger partial charge is 0.332 e. The first kappa shape index (κ1) is 14.0. The van der Waals surface area contributed by atoms with Gasteiger partial charge in [0.25, 0.3) is 0 Å². The monoisotopic (exact) mass is 267 g/mol. The number of carbonyl (C=O) groups excluding carboxylic acids is 3. The van der Waals surface area contributed by atoms with E-state index in [2.05, 4.69) is 19.2 Å². The number of hydrogen-bond acceptors (Lipinski definition) is 4. The number of nitrogens with one attached hydrogen (secondary N) is 1. The van der Waals surface area contributed by atoms with Crippen LogP contribution in [0.4, 0.5) is 4.79 Å². The lowest BCUT2D eigenvalue weighted by Crippen LogP contribution is -2.60. The molecule has 2 saturated heterocycles. The van der Waals surface area contributed by atoms with Crippen molar-refractivity contribution < 1.29 is 14.4 Å². The van der Waals surface area contributed by atoms with E-state index in [4.69, 9.17) is 0 Å². The van der Waals surface area contributed by atoms with E-state index < -0.39 is 11.9 Å². The Bertz CT molecular complexity index is 397. The Labute approximate surface area is 113 Å². The van der Waals surface area contributed by atoms with E-state index in [0.29, 0.717) is 5.92 Å². The summed E-state index contributed by atoms with van der Waals surface area (Å²) in [5.74, 6) is -1.14. The number of imide groups is 2. The molecule has 2 unspecified atom stereocenters. The second-order valence-corrected chi connectivity index (χ2v) is 5.73. The first-order chi connectivity index (χ1) is 8.86. The van der Waals surface area contributed by atoms with Gasteiger partial charge in [0.05, 0.1) is 0 Å². The van der Waals surface area contributed by atoms with Gasteiger partial charge in [0, 0.05) is 20.1 Å². The van der Waals surface area contributed by atoms with Gasteiger partial charge in [-0.3, -0.25) is 19.4 Å². The summed E-state index contributed by atoms with van der Waals surface area (Å²) in [5.41, 5.74) is 0. The third-order valence-corrected chi connectivity index (χ3v) is 4.23. The molecule has 106 valence electrons. The number of hydrogen-bond donors (Lipinski definition) is 1. The zero-order chi connectivity index (χ0) is 14.3. The molecule has 0 aromatic rings. The van der Waals surface area contributed by atoms with Crippen molar-refractivity contribution in [2.24, 2.45) is 17.8 Å². The van der Waals surface area contributed by atoms with E-state index >= 15 is 0 Å². The van der Waals surface area contributed by atoms with Crippen LogP contribution in [0.1, 0.15) is 20.3 Å². The highest BCUT2D eigenvalue weighted by Crippen LogP contribution is 2.33. The summed E-state index contributed by atoms with van der Waals surface area (Å²) in [7, 11) is 2.88. The van der Waals surface area contributed by atoms with Gasteiger partial charge in [0.15, 0.2) is 0 Å². The van der Waals surface area contributed by atoms with Gasteiger partial charge in [-0.2, -0.15) is 0 Å². The van der Waals surface area contributed by atoms with Gasteiger partial charge >= 0.3 is 6.03 Å². The normalized spacial score (nSPS) is 29.8. The third kappa shape index (κ3) is 2.14. The molecule has 0 spiro atoms. The molecule has 0 aromatic heterocycles. The SMILES string of the molecule is CC(C)C1NCCC1C1C(=O)N(C)C(=O)N(C)C1=O. The van der Waals surface area contributed by atoms with E-state index in [-0.39, 0.29) is 23.8 Å². The first-order valence-corrected chi connectivity index (χ1v) is 6.68. The molecule has 2 aliphatic rings. The Kier molecular flexibility index (Phi) is 3.62. The molecule has 2 heterocycles. The van der Waals surface area contributed by atoms with Crippen molar-refractivity contribution in [2.45, 2.75) is 26.3 Å². The molecular formula is C13H21N3O3. The Morgan fingerprint density at radius 3 is 2.11 bits per heavy atom. The van der Waals surface area contributed by atoms with Crippen molar-refractivity contribution >= 4 is 17.8 Å². The van der Waals surface area contributed by atoms with Gasteiger partial charge in [-0.05, 0) is 24.8 Å². The fourth-order valence-corrected chi connectivity index (χ4v) is 3.15. The van der Waals surface area contributed by atoms with Crippen molar-refractivity contribution in [2.75, 3.05) is 20.6 Å². The summed E-state index contributed by atoms with van der Waals surface area (Å²) in [6.07, 6.45) is 0.793. The van der Waals surface area contributed by atoms with Gasteiger partial charge in [-0.15, -0.1) is 0 Å². The molecule has 19 heavy (non-hydrogen) atoms. The first-order valence-electron chi connectivity index (χ1n) is 6.68. The fourth-order valence-electron chi connectivity index (χ4n) is 3.15. The predicted molar refractivity (Wildman–Crippen MR) is 69.2 cm³/mol. The van der Waals surface area contributed by atoms with Crippen LogP contribution in [0.3, 0.4) is 0 Å². The van der Waals surface area contributed by atoms with Crippen molar-refractivity contribution in [1.29, 1.82) is 0 Å². The highest BCUT2D eigenvalue weighted by atomic mass is 16.2. The third-order valence-electron chi connectivity index (χ3n) is 4.23. The van der Waals surface area contributed by atoms with E-state index in [1.165, 1.54) is 14.1 Å². The summed E-state index contributed by atoms with van der Waals surface area (Å²) < 4.78 is 0. The molecule has 6 nitrogen and oxygen atoms in total. The smallest absolute Gasteiger partial charge is 0.313 e. The van der Waals surface area contributed by atoms with Crippen molar-refractivity contribution in [3.8, 4) is 0 Å². The van der Waals surface area contributed by atoms with Crippen LogP contribution in [0.5, 0.6) is 0 Å². The van der Waals surface area contributed by atoms with E-state index in [0.717, 1.165) is 22.8 Å². The summed E-state index contributed by atoms with van der Waals surface area (Å²) >= 11 is 0. The van der Waals surface area contributed by atoms with E-state index in [1.54, 1.807) is 0 Å². The van der Waals surface area contributed by atoms with Crippen LogP contribution >= 0.6 is 0 Å². The summed E-state index contributed by atoms with van der Waals surface area (Å²) in [6, 6.07) is -0.397. The molecular weight excluding hydrogens is 246 g/mol. The van der Waals surface area contributed by atoms with Gasteiger partial charge < -0.3 is 5.32 Å². The molecule has 6 heteroatoms. The van der Waals surface area contributed by atoms with E-state index in [9.17, 15) is 14.4 Å². The Morgan fingerprint density at radius 1 is 1.11 bits per heavy atom. The minimum absolute atomic E-state index is 0.0296. The molecule has 0 aromatic carbocycles. The van der Waals surface area contributed by atoms with Crippen LogP contribution in [-0.2, 0) is 9.59 Å². The lowest BCUT2D eigenvalue weighted by atomic mass is 9.79. The van der Waals surface area contributed by atoms with Gasteiger partial charge in [0.1, 0.15) is 5.92 Å². The standard InChI is InChI=1S/C13H21N3O3/c1-7(2)10-8(5-6-14-10)9-11(17)15(3)13(19)16(4)12(9)18/h7-10,14H,5-6H2,1-4H3. The predicted octanol–water partition coefficient (Wildman–Crippen LogP) is 0.287. The average Bonchev–Trinajstić information content (AvgIpc) is 2.83. The molecule has 2 fully saturated rings.